The Hall–Kier alpha value is -2.66. The second-order valence-electron chi connectivity index (χ2n) is 5.29. The van der Waals surface area contributed by atoms with Crippen molar-refractivity contribution < 1.29 is 0 Å². The van der Waals surface area contributed by atoms with E-state index in [1.54, 1.807) is 18.6 Å². The van der Waals surface area contributed by atoms with Crippen LogP contribution in [-0.4, -0.2) is 27.7 Å². The number of alkyl halides is 1. The van der Waals surface area contributed by atoms with E-state index in [0.29, 0.717) is 5.71 Å². The van der Waals surface area contributed by atoms with E-state index in [4.69, 9.17) is 17.0 Å². The summed E-state index contributed by atoms with van der Waals surface area (Å²) in [7, 11) is 0. The maximum Gasteiger partial charge on any atom is 0.120 e. The molecule has 0 saturated carbocycles. The van der Waals surface area contributed by atoms with Crippen LogP contribution >= 0.6 is 11.6 Å². The molecule has 0 radical (unpaired) electrons. The van der Waals surface area contributed by atoms with Crippen LogP contribution in [0.15, 0.2) is 49.1 Å². The molecule has 0 spiro atoms. The highest BCUT2D eigenvalue weighted by atomic mass is 35.5. The van der Waals surface area contributed by atoms with Crippen molar-refractivity contribution in [2.75, 3.05) is 11.9 Å². The van der Waals surface area contributed by atoms with E-state index in [9.17, 15) is 0 Å². The summed E-state index contributed by atoms with van der Waals surface area (Å²) in [5, 5.41) is 14.9. The molecular weight excluding hydrogens is 322 g/mol. The molecule has 6 heteroatoms. The first-order chi connectivity index (χ1) is 11.7. The van der Waals surface area contributed by atoms with Gasteiger partial charge in [-0.3, -0.25) is 15.4 Å². The topological polar surface area (TPSA) is 73.7 Å². The van der Waals surface area contributed by atoms with Crippen LogP contribution < -0.4 is 10.6 Å². The molecule has 0 saturated heterocycles. The second-order valence-corrected chi connectivity index (χ2v) is 5.76. The molecule has 1 aliphatic rings. The van der Waals surface area contributed by atoms with Gasteiger partial charge >= 0.3 is 0 Å². The number of anilines is 1. The lowest BCUT2D eigenvalue weighted by Crippen LogP contribution is -2.15. The zero-order chi connectivity index (χ0) is 16.9. The normalized spacial score (nSPS) is 16.2. The average molecular weight is 340 g/mol. The van der Waals surface area contributed by atoms with Crippen molar-refractivity contribution in [1.29, 1.82) is 5.41 Å². The lowest BCUT2D eigenvalue weighted by atomic mass is 9.97. The van der Waals surface area contributed by atoms with E-state index < -0.39 is 0 Å². The van der Waals surface area contributed by atoms with Gasteiger partial charge in [0.15, 0.2) is 0 Å². The predicted molar refractivity (Wildman–Crippen MR) is 99.3 cm³/mol. The predicted octanol–water partition coefficient (Wildman–Crippen LogP) is 3.50. The smallest absolute Gasteiger partial charge is 0.120 e. The maximum absolute atomic E-state index is 8.56. The van der Waals surface area contributed by atoms with E-state index in [2.05, 4.69) is 20.6 Å². The van der Waals surface area contributed by atoms with Crippen LogP contribution in [0.25, 0.3) is 11.6 Å². The molecule has 3 heterocycles. The highest BCUT2D eigenvalue weighted by molar-refractivity contribution is 6.30. The number of fused-ring (bicyclic) bond motifs is 1. The van der Waals surface area contributed by atoms with Crippen molar-refractivity contribution >= 4 is 34.6 Å². The minimum absolute atomic E-state index is 0.254. The summed E-state index contributed by atoms with van der Waals surface area (Å²) in [6, 6.07) is 5.62. The molecule has 1 atom stereocenters. The number of pyridine rings is 2. The van der Waals surface area contributed by atoms with E-state index >= 15 is 0 Å². The number of nitrogens with zero attached hydrogens (tertiary/aromatic N) is 2. The Bertz CT molecular complexity index is 798. The zero-order valence-electron chi connectivity index (χ0n) is 13.3. The Kier molecular flexibility index (Phi) is 4.91. The van der Waals surface area contributed by atoms with Gasteiger partial charge in [0, 0.05) is 48.0 Å². The van der Waals surface area contributed by atoms with E-state index in [0.717, 1.165) is 34.6 Å². The molecule has 122 valence electrons. The molecule has 0 fully saturated rings. The van der Waals surface area contributed by atoms with Gasteiger partial charge in [-0.1, -0.05) is 11.6 Å². The Morgan fingerprint density at radius 3 is 2.92 bits per heavy atom. The monoisotopic (exact) mass is 339 g/mol. The van der Waals surface area contributed by atoms with E-state index in [1.807, 2.05) is 43.5 Å². The summed E-state index contributed by atoms with van der Waals surface area (Å²) in [4.78, 5) is 8.48. The van der Waals surface area contributed by atoms with E-state index in [1.165, 1.54) is 0 Å². The fourth-order valence-electron chi connectivity index (χ4n) is 2.42. The van der Waals surface area contributed by atoms with Crippen molar-refractivity contribution in [3.8, 4) is 0 Å². The summed E-state index contributed by atoms with van der Waals surface area (Å²) < 4.78 is 0. The summed E-state index contributed by atoms with van der Waals surface area (Å²) in [5.41, 5.74) is 4.28. The van der Waals surface area contributed by atoms with Crippen molar-refractivity contribution in [2.45, 2.75) is 12.4 Å². The van der Waals surface area contributed by atoms with Gasteiger partial charge in [-0.05, 0) is 37.3 Å². The van der Waals surface area contributed by atoms with Crippen LogP contribution in [-0.2, 0) is 0 Å². The summed E-state index contributed by atoms with van der Waals surface area (Å²) in [6.45, 7) is 2.79. The van der Waals surface area contributed by atoms with Crippen LogP contribution in [0, 0.1) is 5.41 Å². The third kappa shape index (κ3) is 3.46. The highest BCUT2D eigenvalue weighted by Gasteiger charge is 2.16. The van der Waals surface area contributed by atoms with Crippen LogP contribution in [0.4, 0.5) is 5.69 Å². The minimum Gasteiger partial charge on any atom is -0.391 e. The number of halogens is 1. The first kappa shape index (κ1) is 16.2. The number of nitrogens with one attached hydrogen (secondary N) is 3. The summed E-state index contributed by atoms with van der Waals surface area (Å²) >= 11 is 6.12. The first-order valence-corrected chi connectivity index (χ1v) is 8.14. The fraction of sp³-hybridized carbons (Fsp3) is 0.167. The molecule has 0 aromatic carbocycles. The fourth-order valence-corrected chi connectivity index (χ4v) is 2.61. The Morgan fingerprint density at radius 1 is 1.38 bits per heavy atom. The Morgan fingerprint density at radius 2 is 2.17 bits per heavy atom. The van der Waals surface area contributed by atoms with Crippen molar-refractivity contribution in [3.63, 3.8) is 0 Å². The van der Waals surface area contributed by atoms with Crippen LogP contribution in [0.3, 0.4) is 0 Å². The van der Waals surface area contributed by atoms with Crippen molar-refractivity contribution in [3.05, 3.63) is 65.9 Å². The van der Waals surface area contributed by atoms with Gasteiger partial charge in [-0.15, -0.1) is 0 Å². The molecule has 3 N–H and O–H groups in total. The Labute approximate surface area is 146 Å². The number of hydrogen-bond acceptors (Lipinski definition) is 5. The molecule has 0 aliphatic carbocycles. The van der Waals surface area contributed by atoms with Crippen molar-refractivity contribution in [1.82, 2.24) is 15.3 Å². The van der Waals surface area contributed by atoms with Crippen LogP contribution in [0.5, 0.6) is 0 Å². The van der Waals surface area contributed by atoms with Gasteiger partial charge in [0.05, 0.1) is 17.1 Å². The second kappa shape index (κ2) is 7.27. The van der Waals surface area contributed by atoms with Gasteiger partial charge in [0.1, 0.15) is 5.50 Å². The average Bonchev–Trinajstić information content (AvgIpc) is 2.62. The van der Waals surface area contributed by atoms with Crippen LogP contribution in [0.2, 0.25) is 0 Å². The van der Waals surface area contributed by atoms with Gasteiger partial charge < -0.3 is 10.6 Å². The molecular formula is C18H18ClN5. The molecule has 0 amide bonds. The SMILES string of the molecule is CCN/C=C(\C(=N)c1ccncc1)c1cnc2c(c1)NC(Cl)C=C2. The molecule has 1 aliphatic heterocycles. The third-order valence-electron chi connectivity index (χ3n) is 3.63. The maximum atomic E-state index is 8.56. The summed E-state index contributed by atoms with van der Waals surface area (Å²) in [6.07, 6.45) is 10.7. The molecule has 24 heavy (non-hydrogen) atoms. The lowest BCUT2D eigenvalue weighted by molar-refractivity contribution is 0.922. The molecule has 2 aromatic rings. The minimum atomic E-state index is -0.254. The van der Waals surface area contributed by atoms with Crippen LogP contribution in [0.1, 0.15) is 23.7 Å². The number of rotatable bonds is 5. The Balaban J connectivity index is 2.00. The van der Waals surface area contributed by atoms with Gasteiger partial charge in [-0.2, -0.15) is 0 Å². The molecule has 3 rings (SSSR count). The zero-order valence-corrected chi connectivity index (χ0v) is 14.0. The largest absolute Gasteiger partial charge is 0.391 e. The molecule has 5 nitrogen and oxygen atoms in total. The third-order valence-corrected chi connectivity index (χ3v) is 3.89. The van der Waals surface area contributed by atoms with Gasteiger partial charge in [0.2, 0.25) is 0 Å². The highest BCUT2D eigenvalue weighted by Crippen LogP contribution is 2.27. The summed E-state index contributed by atoms with van der Waals surface area (Å²) in [5.74, 6) is 0. The number of allylic oxidation sites excluding steroid dienone is 1. The number of aromatic nitrogens is 2. The van der Waals surface area contributed by atoms with Crippen molar-refractivity contribution in [2.24, 2.45) is 0 Å². The van der Waals surface area contributed by atoms with E-state index in [-0.39, 0.29) is 5.50 Å². The van der Waals surface area contributed by atoms with Gasteiger partial charge in [0.25, 0.3) is 0 Å². The molecule has 1 unspecified atom stereocenters. The molecule has 0 bridgehead atoms. The standard InChI is InChI=1S/C18H18ClN5/c1-2-21-11-14(18(20)12-5-7-22-8-6-12)13-9-16-15(23-10-13)3-4-17(19)24-16/h3-11,17,20-21,24H,2H2,1H3/b14-11-,20-18?. The quantitative estimate of drug-likeness (QED) is 0.443. The lowest BCUT2D eigenvalue weighted by Gasteiger charge is -2.18. The first-order valence-electron chi connectivity index (χ1n) is 7.71. The molecule has 2 aromatic heterocycles. The van der Waals surface area contributed by atoms with Gasteiger partial charge in [-0.25, -0.2) is 0 Å². The number of hydrogen-bond donors (Lipinski definition) is 3.